The van der Waals surface area contributed by atoms with Crippen LogP contribution in [0.3, 0.4) is 0 Å². The Morgan fingerprint density at radius 3 is 0.795 bits per heavy atom. The van der Waals surface area contributed by atoms with E-state index in [9.17, 15) is 29.4 Å². The first kappa shape index (κ1) is 32.0. The third-order valence-electron chi connectivity index (χ3n) is 5.36. The third kappa shape index (κ3) is 8.91. The van der Waals surface area contributed by atoms with E-state index in [4.69, 9.17) is 4.74 Å². The molecule has 4 rings (SSSR count). The molecule has 0 atom stereocenters. The summed E-state index contributed by atoms with van der Waals surface area (Å²) in [5.41, 5.74) is 0. The van der Waals surface area contributed by atoms with E-state index >= 15 is 0 Å². The molecule has 7 nitrogen and oxygen atoms in total. The fraction of sp³-hybridized carbons (Fsp3) is 0.0667. The summed E-state index contributed by atoms with van der Waals surface area (Å²) in [5, 5.41) is 0.554. The molecule has 0 aliphatic heterocycles. The normalized spacial score (nSPS) is 13.5. The Labute approximate surface area is 229 Å². The van der Waals surface area contributed by atoms with Gasteiger partial charge in [-0.3, -0.25) is 0 Å². The van der Waals surface area contributed by atoms with E-state index in [-0.39, 0.29) is 21.2 Å². The molecule has 0 aliphatic rings. The van der Waals surface area contributed by atoms with Gasteiger partial charge in [-0.05, 0) is 13.8 Å². The quantitative estimate of drug-likeness (QED) is 0.153. The van der Waals surface area contributed by atoms with Crippen LogP contribution < -0.4 is 21.2 Å². The summed E-state index contributed by atoms with van der Waals surface area (Å²) in [7, 11) is -9.87. The van der Waals surface area contributed by atoms with Gasteiger partial charge in [-0.1, -0.05) is 12.2 Å². The summed E-state index contributed by atoms with van der Waals surface area (Å²) in [5.74, 6) is 0. The third-order valence-corrected chi connectivity index (χ3v) is 10.4. The molecular formula is C30H36O7P2. The molecule has 39 heavy (non-hydrogen) atoms. The van der Waals surface area contributed by atoms with Crippen LogP contribution in [0.1, 0.15) is 13.8 Å². The summed E-state index contributed by atoms with van der Waals surface area (Å²) < 4.78 is 4.77. The molecule has 4 aromatic carbocycles. The Kier molecular flexibility index (Phi) is 11.3. The van der Waals surface area contributed by atoms with Gasteiger partial charge in [0.25, 0.3) is 0 Å². The fourth-order valence-electron chi connectivity index (χ4n) is 3.31. The van der Waals surface area contributed by atoms with Crippen molar-refractivity contribution in [2.75, 3.05) is 0 Å². The summed E-state index contributed by atoms with van der Waals surface area (Å²) >= 11 is 0. The predicted octanol–water partition coefficient (Wildman–Crippen LogP) is 3.90. The molecule has 9 heteroatoms. The molecule has 0 fully saturated rings. The Balaban J connectivity index is 0.000000222. The van der Waals surface area contributed by atoms with Gasteiger partial charge in [-0.15, -0.1) is 0 Å². The molecule has 0 bridgehead atoms. The Hall–Kier alpha value is -3.22. The van der Waals surface area contributed by atoms with Crippen LogP contribution in [0.25, 0.3) is 0 Å². The van der Waals surface area contributed by atoms with E-state index < -0.39 is 14.6 Å². The summed E-state index contributed by atoms with van der Waals surface area (Å²) in [6.45, 7) is 3.81. The average molecular weight is 571 g/mol. The number of hydrogen-bond donors (Lipinski definition) is 6. The van der Waals surface area contributed by atoms with Gasteiger partial charge >= 0.3 is 186 Å². The second kappa shape index (κ2) is 13.7. The summed E-state index contributed by atoms with van der Waals surface area (Å²) in [6, 6.07) is 32.3. The SMILES string of the molecule is CC=COC=CC.OP(O)(O)(c1ccccc1)c1ccccc1.OP(O)(O)(c1ccccc1)c1ccccc1. The van der Waals surface area contributed by atoms with Crippen molar-refractivity contribution in [3.05, 3.63) is 146 Å². The van der Waals surface area contributed by atoms with Crippen molar-refractivity contribution in [3.63, 3.8) is 0 Å². The zero-order valence-corrected chi connectivity index (χ0v) is 23.6. The summed E-state index contributed by atoms with van der Waals surface area (Å²) in [6.07, 6.45) is 6.92. The zero-order chi connectivity index (χ0) is 28.9. The maximum absolute atomic E-state index is 10.2. The number of rotatable bonds is 6. The second-order valence-electron chi connectivity index (χ2n) is 8.38. The van der Waals surface area contributed by atoms with Gasteiger partial charge in [-0.25, -0.2) is 0 Å². The van der Waals surface area contributed by atoms with E-state index in [1.807, 2.05) is 26.0 Å². The fourth-order valence-corrected chi connectivity index (χ4v) is 6.79. The van der Waals surface area contributed by atoms with Crippen LogP contribution in [0.2, 0.25) is 0 Å². The molecule has 4 aromatic rings. The maximum atomic E-state index is 10.2. The zero-order valence-electron chi connectivity index (χ0n) is 21.8. The van der Waals surface area contributed by atoms with Crippen molar-refractivity contribution < 1.29 is 34.1 Å². The molecule has 0 saturated carbocycles. The predicted molar refractivity (Wildman–Crippen MR) is 162 cm³/mol. The van der Waals surface area contributed by atoms with Crippen molar-refractivity contribution in [1.29, 1.82) is 0 Å². The first-order valence-corrected chi connectivity index (χ1v) is 16.2. The van der Waals surface area contributed by atoms with Crippen LogP contribution in [-0.2, 0) is 4.74 Å². The molecule has 208 valence electrons. The van der Waals surface area contributed by atoms with Crippen LogP contribution >= 0.6 is 14.6 Å². The molecule has 0 aromatic heterocycles. The molecule has 0 unspecified atom stereocenters. The first-order chi connectivity index (χ1) is 18.4. The molecule has 0 heterocycles. The summed E-state index contributed by atoms with van der Waals surface area (Å²) in [4.78, 5) is 61.0. The van der Waals surface area contributed by atoms with Crippen molar-refractivity contribution in [1.82, 2.24) is 0 Å². The molecule has 6 N–H and O–H groups in total. The van der Waals surface area contributed by atoms with Crippen molar-refractivity contribution in [3.8, 4) is 0 Å². The monoisotopic (exact) mass is 570 g/mol. The van der Waals surface area contributed by atoms with Crippen LogP contribution in [0.15, 0.2) is 146 Å². The number of ether oxygens (including phenoxy) is 1. The van der Waals surface area contributed by atoms with Gasteiger partial charge in [0.2, 0.25) is 0 Å². The molecule has 0 saturated heterocycles. The Morgan fingerprint density at radius 1 is 0.410 bits per heavy atom. The molecule has 0 aliphatic carbocycles. The average Bonchev–Trinajstić information content (AvgIpc) is 2.96. The van der Waals surface area contributed by atoms with Gasteiger partial charge in [0.15, 0.2) is 0 Å². The van der Waals surface area contributed by atoms with Gasteiger partial charge in [-0.2, -0.15) is 0 Å². The van der Waals surface area contributed by atoms with Crippen LogP contribution in [0, 0.1) is 0 Å². The standard InChI is InChI=1S/2C12H13O3P.C6H10O/c2*13-16(14,15,11-7-3-1-4-8-11)12-9-5-2-6-10-12;1-3-5-7-6-4-2/h2*1-10,13-15H;3-6H,1-2H3. The van der Waals surface area contributed by atoms with Gasteiger partial charge in [0.05, 0.1) is 12.5 Å². The molecular weight excluding hydrogens is 534 g/mol. The number of hydrogen-bond acceptors (Lipinski definition) is 7. The van der Waals surface area contributed by atoms with E-state index in [0.29, 0.717) is 0 Å². The second-order valence-corrected chi connectivity index (χ2v) is 14.4. The van der Waals surface area contributed by atoms with Crippen LogP contribution in [0.5, 0.6) is 0 Å². The van der Waals surface area contributed by atoms with Crippen molar-refractivity contribution >= 4 is 35.8 Å². The Morgan fingerprint density at radius 2 is 0.615 bits per heavy atom. The minimum absolute atomic E-state index is 0.139. The van der Waals surface area contributed by atoms with Crippen LogP contribution in [-0.4, -0.2) is 29.4 Å². The molecule has 0 amide bonds. The van der Waals surface area contributed by atoms with E-state index in [0.717, 1.165) is 0 Å². The molecule has 0 spiro atoms. The minimum atomic E-state index is -4.93. The van der Waals surface area contributed by atoms with Gasteiger partial charge in [0, 0.05) is 0 Å². The number of allylic oxidation sites excluding steroid dienone is 2. The Bertz CT molecular complexity index is 1120. The number of benzene rings is 4. The van der Waals surface area contributed by atoms with Gasteiger partial charge in [0.1, 0.15) is 0 Å². The van der Waals surface area contributed by atoms with E-state index in [2.05, 4.69) is 0 Å². The van der Waals surface area contributed by atoms with Crippen LogP contribution in [0.4, 0.5) is 0 Å². The van der Waals surface area contributed by atoms with Crippen molar-refractivity contribution in [2.24, 2.45) is 0 Å². The van der Waals surface area contributed by atoms with E-state index in [1.165, 1.54) is 48.5 Å². The first-order valence-electron chi connectivity index (χ1n) is 12.0. The van der Waals surface area contributed by atoms with Gasteiger partial charge < -0.3 is 4.74 Å². The van der Waals surface area contributed by atoms with Crippen molar-refractivity contribution in [2.45, 2.75) is 13.8 Å². The molecule has 0 radical (unpaired) electrons. The topological polar surface area (TPSA) is 131 Å². The van der Waals surface area contributed by atoms with E-state index in [1.54, 1.807) is 85.3 Å².